The summed E-state index contributed by atoms with van der Waals surface area (Å²) < 4.78 is 11.1. The van der Waals surface area contributed by atoms with Gasteiger partial charge in [-0.15, -0.1) is 0 Å². The number of nitrogens with zero attached hydrogens (tertiary/aromatic N) is 2. The maximum Gasteiger partial charge on any atom is 0.350 e. The number of aliphatic hydroxyl groups is 1. The van der Waals surface area contributed by atoms with Crippen molar-refractivity contribution in [2.45, 2.75) is 46.8 Å². The lowest BCUT2D eigenvalue weighted by Crippen LogP contribution is -2.29. The number of benzene rings is 3. The third-order valence-corrected chi connectivity index (χ3v) is 8.44. The van der Waals surface area contributed by atoms with Crippen molar-refractivity contribution < 1.29 is 29.0 Å². The van der Waals surface area contributed by atoms with Crippen LogP contribution in [0.3, 0.4) is 0 Å². The predicted octanol–water partition coefficient (Wildman–Crippen LogP) is 6.70. The minimum atomic E-state index is -0.958. The lowest BCUT2D eigenvalue weighted by molar-refractivity contribution is -0.132. The van der Waals surface area contributed by atoms with Gasteiger partial charge in [0.1, 0.15) is 23.0 Å². The second kappa shape index (κ2) is 12.6. The molecule has 5 rings (SSSR count). The van der Waals surface area contributed by atoms with Crippen LogP contribution in [0.2, 0.25) is 0 Å². The average Bonchev–Trinajstić information content (AvgIpc) is 3.52. The summed E-state index contributed by atoms with van der Waals surface area (Å²) in [6.07, 6.45) is 0.812. The first-order chi connectivity index (χ1) is 20.7. The van der Waals surface area contributed by atoms with E-state index in [1.165, 1.54) is 4.90 Å². The van der Waals surface area contributed by atoms with E-state index >= 15 is 0 Å². The molecule has 8 nitrogen and oxygen atoms in total. The number of aliphatic hydroxyl groups excluding tert-OH is 1. The number of ether oxygens (including phenoxy) is 2. The Hall–Kier alpha value is -4.76. The van der Waals surface area contributed by atoms with Crippen LogP contribution in [-0.4, -0.2) is 34.4 Å². The van der Waals surface area contributed by atoms with Crippen molar-refractivity contribution in [1.29, 1.82) is 0 Å². The smallest absolute Gasteiger partial charge is 0.350 e. The number of hydrogen-bond donors (Lipinski definition) is 1. The SMILES string of the molecule is CCOC(=O)c1sc(N2C(=O)C(=O)C(=C(O)c3ccc(OCc4ccccc4)cc3C)C2c2ccc(CC)cc2)nc1C. The highest BCUT2D eigenvalue weighted by atomic mass is 32.1. The summed E-state index contributed by atoms with van der Waals surface area (Å²) in [4.78, 5) is 45.8. The van der Waals surface area contributed by atoms with Gasteiger partial charge in [-0.2, -0.15) is 0 Å². The second-order valence-corrected chi connectivity index (χ2v) is 11.1. The second-order valence-electron chi connectivity index (χ2n) is 10.1. The van der Waals surface area contributed by atoms with Gasteiger partial charge in [0.15, 0.2) is 5.13 Å². The van der Waals surface area contributed by atoms with Crippen LogP contribution in [0.25, 0.3) is 5.76 Å². The lowest BCUT2D eigenvalue weighted by Gasteiger charge is -2.23. The zero-order chi connectivity index (χ0) is 30.7. The van der Waals surface area contributed by atoms with E-state index < -0.39 is 23.7 Å². The topological polar surface area (TPSA) is 106 Å². The number of anilines is 1. The van der Waals surface area contributed by atoms with Gasteiger partial charge >= 0.3 is 11.9 Å². The molecule has 1 aromatic heterocycles. The van der Waals surface area contributed by atoms with Crippen LogP contribution in [0.5, 0.6) is 5.75 Å². The van der Waals surface area contributed by atoms with Gasteiger partial charge < -0.3 is 14.6 Å². The molecule has 2 heterocycles. The van der Waals surface area contributed by atoms with Gasteiger partial charge in [-0.3, -0.25) is 14.5 Å². The van der Waals surface area contributed by atoms with E-state index in [4.69, 9.17) is 9.47 Å². The zero-order valence-corrected chi connectivity index (χ0v) is 25.2. The average molecular weight is 597 g/mol. The van der Waals surface area contributed by atoms with Crippen molar-refractivity contribution >= 4 is 39.9 Å². The molecule has 0 saturated carbocycles. The van der Waals surface area contributed by atoms with Crippen molar-refractivity contribution in [3.8, 4) is 5.75 Å². The number of rotatable bonds is 9. The largest absolute Gasteiger partial charge is 0.507 e. The van der Waals surface area contributed by atoms with Crippen LogP contribution in [0.1, 0.15) is 63.1 Å². The maximum atomic E-state index is 13.6. The van der Waals surface area contributed by atoms with Gasteiger partial charge in [-0.1, -0.05) is 72.9 Å². The number of hydrogen-bond acceptors (Lipinski definition) is 8. The summed E-state index contributed by atoms with van der Waals surface area (Å²) in [5.41, 5.74) is 4.14. The minimum Gasteiger partial charge on any atom is -0.507 e. The summed E-state index contributed by atoms with van der Waals surface area (Å²) in [5, 5.41) is 11.8. The quantitative estimate of drug-likeness (QED) is 0.0991. The number of aryl methyl sites for hydroxylation is 3. The molecule has 4 aromatic rings. The Labute approximate surface area is 254 Å². The molecule has 1 N–H and O–H groups in total. The first-order valence-corrected chi connectivity index (χ1v) is 14.9. The molecule has 220 valence electrons. The van der Waals surface area contributed by atoms with Crippen molar-refractivity contribution in [1.82, 2.24) is 4.98 Å². The molecule has 1 aliphatic heterocycles. The number of carbonyl (C=O) groups excluding carboxylic acids is 3. The fourth-order valence-electron chi connectivity index (χ4n) is 5.03. The summed E-state index contributed by atoms with van der Waals surface area (Å²) in [6, 6.07) is 21.5. The number of aromatic nitrogens is 1. The summed E-state index contributed by atoms with van der Waals surface area (Å²) >= 11 is 0.981. The molecule has 1 saturated heterocycles. The molecular formula is C34H32N2O6S. The van der Waals surface area contributed by atoms with E-state index in [1.807, 2.05) is 61.5 Å². The van der Waals surface area contributed by atoms with Crippen LogP contribution < -0.4 is 9.64 Å². The Kier molecular flexibility index (Phi) is 8.73. The number of amides is 1. The monoisotopic (exact) mass is 596 g/mol. The van der Waals surface area contributed by atoms with Gasteiger partial charge in [0.2, 0.25) is 0 Å². The molecule has 1 fully saturated rings. The number of carbonyl (C=O) groups is 3. The fourth-order valence-corrected chi connectivity index (χ4v) is 6.02. The summed E-state index contributed by atoms with van der Waals surface area (Å²) in [6.45, 7) is 7.77. The van der Waals surface area contributed by atoms with E-state index in [9.17, 15) is 19.5 Å². The van der Waals surface area contributed by atoms with Crippen LogP contribution in [0.15, 0.2) is 78.4 Å². The van der Waals surface area contributed by atoms with Gasteiger partial charge in [0.25, 0.3) is 5.78 Å². The predicted molar refractivity (Wildman–Crippen MR) is 165 cm³/mol. The van der Waals surface area contributed by atoms with Crippen molar-refractivity contribution in [2.24, 2.45) is 0 Å². The van der Waals surface area contributed by atoms with Crippen LogP contribution in [0.4, 0.5) is 5.13 Å². The lowest BCUT2D eigenvalue weighted by atomic mass is 9.93. The third-order valence-electron chi connectivity index (χ3n) is 7.30. The van der Waals surface area contributed by atoms with Gasteiger partial charge in [0, 0.05) is 5.56 Å². The molecule has 0 radical (unpaired) electrons. The molecule has 1 amide bonds. The first-order valence-electron chi connectivity index (χ1n) is 14.1. The Balaban J connectivity index is 1.57. The van der Waals surface area contributed by atoms with E-state index in [0.717, 1.165) is 28.9 Å². The van der Waals surface area contributed by atoms with Gasteiger partial charge in [-0.05, 0) is 67.6 Å². The number of esters is 1. The van der Waals surface area contributed by atoms with Crippen LogP contribution in [-0.2, 0) is 27.4 Å². The Morgan fingerprint density at radius 3 is 2.35 bits per heavy atom. The van der Waals surface area contributed by atoms with Gasteiger partial charge in [0.05, 0.1) is 23.9 Å². The molecule has 0 spiro atoms. The molecule has 0 aliphatic carbocycles. The minimum absolute atomic E-state index is 0.0548. The molecule has 1 unspecified atom stereocenters. The van der Waals surface area contributed by atoms with Crippen molar-refractivity contribution in [3.05, 3.63) is 117 Å². The summed E-state index contributed by atoms with van der Waals surface area (Å²) in [7, 11) is 0. The van der Waals surface area contributed by atoms with Gasteiger partial charge in [-0.25, -0.2) is 9.78 Å². The van der Waals surface area contributed by atoms with Crippen LogP contribution in [0, 0.1) is 13.8 Å². The molecule has 3 aromatic carbocycles. The van der Waals surface area contributed by atoms with E-state index in [2.05, 4.69) is 4.98 Å². The number of Topliss-reactive ketones (excluding diaryl/α,β-unsaturated/α-hetero) is 1. The fraction of sp³-hybridized carbons (Fsp3) is 0.235. The first kappa shape index (κ1) is 29.7. The zero-order valence-electron chi connectivity index (χ0n) is 24.4. The Morgan fingerprint density at radius 1 is 0.977 bits per heavy atom. The standard InChI is InChI=1S/C34H32N2O6S/c1-5-22-12-14-24(15-13-22)28-27(30(38)32(39)36(28)34-35-21(4)31(43-34)33(40)41-6-2)29(37)26-17-16-25(18-20(26)3)42-19-23-10-8-7-9-11-23/h7-18,28,37H,5-6,19H2,1-4H3. The maximum absolute atomic E-state index is 13.6. The molecule has 9 heteroatoms. The normalized spacial score (nSPS) is 16.0. The van der Waals surface area contributed by atoms with E-state index in [0.29, 0.717) is 34.7 Å². The van der Waals surface area contributed by atoms with E-state index in [1.54, 1.807) is 39.0 Å². The van der Waals surface area contributed by atoms with Crippen LogP contribution >= 0.6 is 11.3 Å². The molecule has 43 heavy (non-hydrogen) atoms. The molecule has 1 atom stereocenters. The Bertz CT molecular complexity index is 1710. The molecule has 0 bridgehead atoms. The molecular weight excluding hydrogens is 564 g/mol. The highest BCUT2D eigenvalue weighted by Crippen LogP contribution is 2.44. The highest BCUT2D eigenvalue weighted by molar-refractivity contribution is 7.17. The van der Waals surface area contributed by atoms with Crippen molar-refractivity contribution in [3.63, 3.8) is 0 Å². The molecule has 1 aliphatic rings. The summed E-state index contributed by atoms with van der Waals surface area (Å²) in [5.74, 6) is -1.91. The van der Waals surface area contributed by atoms with Crippen molar-refractivity contribution in [2.75, 3.05) is 11.5 Å². The Morgan fingerprint density at radius 2 is 1.70 bits per heavy atom. The number of thiazole rings is 1. The van der Waals surface area contributed by atoms with E-state index in [-0.39, 0.29) is 27.9 Å². The third kappa shape index (κ3) is 5.94. The highest BCUT2D eigenvalue weighted by Gasteiger charge is 2.48. The number of ketones is 1.